The highest BCUT2D eigenvalue weighted by Gasteiger charge is 1.79. The molecule has 84 valence electrons. The van der Waals surface area contributed by atoms with Crippen LogP contribution in [0, 0.1) is 0 Å². The molecular weight excluding hydrogens is 168 g/mol. The van der Waals surface area contributed by atoms with E-state index < -0.39 is 0 Å². The van der Waals surface area contributed by atoms with Crippen molar-refractivity contribution in [3.63, 3.8) is 0 Å². The van der Waals surface area contributed by atoms with Crippen molar-refractivity contribution in [1.29, 1.82) is 0 Å². The first-order chi connectivity index (χ1) is 6.18. The summed E-state index contributed by atoms with van der Waals surface area (Å²) in [5, 5.41) is 0. The molecule has 6 N–H and O–H groups in total. The first kappa shape index (κ1) is 18.6. The zero-order valence-corrected chi connectivity index (χ0v) is 9.42. The van der Waals surface area contributed by atoms with Crippen LogP contribution in [0.5, 0.6) is 0 Å². The summed E-state index contributed by atoms with van der Waals surface area (Å²) in [7, 11) is 5.81. The van der Waals surface area contributed by atoms with Gasteiger partial charge in [-0.3, -0.25) is 11.7 Å². The Hall–Kier alpha value is -0.200. The Morgan fingerprint density at radius 1 is 1.23 bits per heavy atom. The summed E-state index contributed by atoms with van der Waals surface area (Å²) < 4.78 is 4.57. The standard InChI is InChI=1S/C5H13N.C3H9NO.H4N2/c1-4-5-6(2)3;1-5-3-2-4;1-2/h4-5H2,1-3H3;2-4H2,1H3;1-2H2. The smallest absolute Gasteiger partial charge is 0.0584 e. The van der Waals surface area contributed by atoms with E-state index in [4.69, 9.17) is 5.73 Å². The number of hydrazine groups is 1. The Kier molecular flexibility index (Phi) is 32.3. The predicted octanol–water partition coefficient (Wildman–Crippen LogP) is -0.632. The molecule has 0 bridgehead atoms. The molecule has 0 aromatic heterocycles. The number of hydrogen-bond donors (Lipinski definition) is 3. The lowest BCUT2D eigenvalue weighted by Crippen LogP contribution is -2.11. The summed E-state index contributed by atoms with van der Waals surface area (Å²) in [5.41, 5.74) is 5.01. The molecule has 0 heterocycles. The van der Waals surface area contributed by atoms with Crippen LogP contribution < -0.4 is 17.4 Å². The van der Waals surface area contributed by atoms with Crippen LogP contribution in [0.25, 0.3) is 0 Å². The molecule has 5 heteroatoms. The maximum absolute atomic E-state index is 5.01. The van der Waals surface area contributed by atoms with Crippen molar-refractivity contribution in [2.24, 2.45) is 17.4 Å². The third kappa shape index (κ3) is 49.2. The van der Waals surface area contributed by atoms with Crippen molar-refractivity contribution < 1.29 is 4.74 Å². The average molecular weight is 194 g/mol. The van der Waals surface area contributed by atoms with Crippen molar-refractivity contribution in [1.82, 2.24) is 4.90 Å². The van der Waals surface area contributed by atoms with E-state index >= 15 is 0 Å². The van der Waals surface area contributed by atoms with Crippen molar-refractivity contribution >= 4 is 0 Å². The van der Waals surface area contributed by atoms with Gasteiger partial charge in [-0.2, -0.15) is 0 Å². The van der Waals surface area contributed by atoms with Crippen LogP contribution >= 0.6 is 0 Å². The van der Waals surface area contributed by atoms with E-state index in [1.807, 2.05) is 0 Å². The van der Waals surface area contributed by atoms with E-state index in [0.29, 0.717) is 13.2 Å². The topological polar surface area (TPSA) is 90.5 Å². The molecule has 0 unspecified atom stereocenters. The highest BCUT2D eigenvalue weighted by molar-refractivity contribution is 4.34. The van der Waals surface area contributed by atoms with Gasteiger partial charge in [0.05, 0.1) is 6.61 Å². The van der Waals surface area contributed by atoms with E-state index in [2.05, 4.69) is 42.3 Å². The monoisotopic (exact) mass is 194 g/mol. The number of methoxy groups -OCH3 is 1. The highest BCUT2D eigenvalue weighted by Crippen LogP contribution is 1.76. The zero-order chi connectivity index (χ0) is 11.1. The average Bonchev–Trinajstić information content (AvgIpc) is 2.10. The summed E-state index contributed by atoms with van der Waals surface area (Å²) in [6.45, 7) is 4.68. The van der Waals surface area contributed by atoms with Crippen LogP contribution in [0.1, 0.15) is 13.3 Å². The van der Waals surface area contributed by atoms with Crippen LogP contribution in [-0.2, 0) is 4.74 Å². The van der Waals surface area contributed by atoms with Crippen molar-refractivity contribution in [2.45, 2.75) is 13.3 Å². The molecule has 0 atom stereocenters. The third-order valence-corrected chi connectivity index (χ3v) is 0.993. The predicted molar refractivity (Wildman–Crippen MR) is 58.2 cm³/mol. The zero-order valence-electron chi connectivity index (χ0n) is 9.42. The van der Waals surface area contributed by atoms with Crippen LogP contribution in [0.4, 0.5) is 0 Å². The Morgan fingerprint density at radius 3 is 1.69 bits per heavy atom. The second-order valence-electron chi connectivity index (χ2n) is 2.58. The fraction of sp³-hybridized carbons (Fsp3) is 1.00. The van der Waals surface area contributed by atoms with Crippen LogP contribution in [0.3, 0.4) is 0 Å². The van der Waals surface area contributed by atoms with Gasteiger partial charge >= 0.3 is 0 Å². The maximum atomic E-state index is 5.01. The molecule has 0 aromatic carbocycles. The van der Waals surface area contributed by atoms with Gasteiger partial charge in [0.2, 0.25) is 0 Å². The van der Waals surface area contributed by atoms with E-state index in [-0.39, 0.29) is 0 Å². The summed E-state index contributed by atoms with van der Waals surface area (Å²) in [5.74, 6) is 8.00. The quantitative estimate of drug-likeness (QED) is 0.409. The molecule has 0 aliphatic heterocycles. The number of rotatable bonds is 4. The summed E-state index contributed by atoms with van der Waals surface area (Å²) >= 11 is 0. The molecule has 5 nitrogen and oxygen atoms in total. The highest BCUT2D eigenvalue weighted by atomic mass is 16.5. The molecule has 0 fully saturated rings. The molecule has 0 aliphatic carbocycles. The molecule has 0 aliphatic rings. The van der Waals surface area contributed by atoms with E-state index in [1.54, 1.807) is 7.11 Å². The minimum atomic E-state index is 0.622. The number of ether oxygens (including phenoxy) is 1. The van der Waals surface area contributed by atoms with E-state index in [9.17, 15) is 0 Å². The van der Waals surface area contributed by atoms with Crippen LogP contribution in [0.15, 0.2) is 0 Å². The number of nitrogens with zero attached hydrogens (tertiary/aromatic N) is 1. The maximum Gasteiger partial charge on any atom is 0.0584 e. The van der Waals surface area contributed by atoms with Crippen LogP contribution in [-0.4, -0.2) is 45.8 Å². The normalized spacial score (nSPS) is 8.31. The molecule has 13 heavy (non-hydrogen) atoms. The third-order valence-electron chi connectivity index (χ3n) is 0.993. The van der Waals surface area contributed by atoms with E-state index in [0.717, 1.165) is 0 Å². The Morgan fingerprint density at radius 2 is 1.69 bits per heavy atom. The van der Waals surface area contributed by atoms with Gasteiger partial charge in [0, 0.05) is 13.7 Å². The Bertz CT molecular complexity index is 60.1. The summed E-state index contributed by atoms with van der Waals surface area (Å²) in [6.07, 6.45) is 1.26. The Balaban J connectivity index is -0.000000131. The fourth-order valence-corrected chi connectivity index (χ4v) is 0.565. The summed E-state index contributed by atoms with van der Waals surface area (Å²) in [6, 6.07) is 0. The molecule has 0 spiro atoms. The van der Waals surface area contributed by atoms with Gasteiger partial charge in [-0.15, -0.1) is 0 Å². The minimum absolute atomic E-state index is 0.622. The fourth-order valence-electron chi connectivity index (χ4n) is 0.565. The second-order valence-corrected chi connectivity index (χ2v) is 2.58. The molecule has 0 radical (unpaired) electrons. The van der Waals surface area contributed by atoms with Gasteiger partial charge in [0.15, 0.2) is 0 Å². The van der Waals surface area contributed by atoms with Gasteiger partial charge in [-0.25, -0.2) is 0 Å². The molecular formula is C8H26N4O. The van der Waals surface area contributed by atoms with Gasteiger partial charge in [0.1, 0.15) is 0 Å². The summed E-state index contributed by atoms with van der Waals surface area (Å²) in [4.78, 5) is 2.18. The molecule has 0 rings (SSSR count). The van der Waals surface area contributed by atoms with Gasteiger partial charge in [-0.1, -0.05) is 6.92 Å². The Labute approximate surface area is 82.2 Å². The lowest BCUT2D eigenvalue weighted by atomic mass is 10.5. The van der Waals surface area contributed by atoms with Gasteiger partial charge in [-0.05, 0) is 27.1 Å². The van der Waals surface area contributed by atoms with E-state index in [1.165, 1.54) is 13.0 Å². The minimum Gasteiger partial charge on any atom is -0.383 e. The largest absolute Gasteiger partial charge is 0.383 e. The number of hydrogen-bond acceptors (Lipinski definition) is 5. The second kappa shape index (κ2) is 22.6. The molecule has 0 aromatic rings. The van der Waals surface area contributed by atoms with Crippen molar-refractivity contribution in [3.8, 4) is 0 Å². The lowest BCUT2D eigenvalue weighted by molar-refractivity contribution is 0.207. The molecule has 0 saturated carbocycles. The number of nitrogens with two attached hydrogens (primary N) is 3. The SMILES string of the molecule is CCCN(C)C.COCCN.NN. The van der Waals surface area contributed by atoms with Gasteiger partial charge in [0.25, 0.3) is 0 Å². The van der Waals surface area contributed by atoms with Gasteiger partial charge < -0.3 is 15.4 Å². The first-order valence-electron chi connectivity index (χ1n) is 4.36. The molecule has 0 amide bonds. The van der Waals surface area contributed by atoms with Crippen molar-refractivity contribution in [2.75, 3.05) is 40.9 Å². The van der Waals surface area contributed by atoms with Crippen molar-refractivity contribution in [3.05, 3.63) is 0 Å². The van der Waals surface area contributed by atoms with Crippen LogP contribution in [0.2, 0.25) is 0 Å². The first-order valence-corrected chi connectivity index (χ1v) is 4.36. The molecule has 0 saturated heterocycles. The lowest BCUT2D eigenvalue weighted by Gasteiger charge is -2.03.